The molecule has 0 aliphatic carbocycles. The van der Waals surface area contributed by atoms with Gasteiger partial charge in [0.1, 0.15) is 0 Å². The molecule has 258 valence electrons. The van der Waals surface area contributed by atoms with Crippen molar-refractivity contribution in [2.45, 2.75) is 6.42 Å². The summed E-state index contributed by atoms with van der Waals surface area (Å²) in [4.78, 5) is 2.43. The molecule has 0 saturated heterocycles. The average molecular weight is 701 g/mol. The van der Waals surface area contributed by atoms with Crippen LogP contribution in [0.4, 0.5) is 17.1 Å². The molecule has 0 spiro atoms. The van der Waals surface area contributed by atoms with Gasteiger partial charge in [0.05, 0.1) is 11.0 Å². The molecule has 0 atom stereocenters. The monoisotopic (exact) mass is 700 g/mol. The van der Waals surface area contributed by atoms with E-state index in [-0.39, 0.29) is 0 Å². The Kier molecular flexibility index (Phi) is 7.28. The van der Waals surface area contributed by atoms with Crippen LogP contribution < -0.4 is 4.90 Å². The Morgan fingerprint density at radius 1 is 0.309 bits per heavy atom. The lowest BCUT2D eigenvalue weighted by atomic mass is 9.92. The molecule has 1 aliphatic heterocycles. The molecule has 0 N–H and O–H groups in total. The van der Waals surface area contributed by atoms with Crippen LogP contribution in [0.5, 0.6) is 0 Å². The Labute approximate surface area is 320 Å². The molecule has 1 aromatic heterocycles. The molecule has 11 rings (SSSR count). The highest BCUT2D eigenvalue weighted by Gasteiger charge is 2.24. The fourth-order valence-electron chi connectivity index (χ4n) is 8.66. The van der Waals surface area contributed by atoms with E-state index in [0.717, 1.165) is 12.1 Å². The van der Waals surface area contributed by atoms with Gasteiger partial charge in [0.2, 0.25) is 0 Å². The van der Waals surface area contributed by atoms with E-state index in [4.69, 9.17) is 0 Å². The van der Waals surface area contributed by atoms with Crippen LogP contribution in [0.25, 0.3) is 71.6 Å². The van der Waals surface area contributed by atoms with Crippen molar-refractivity contribution in [3.63, 3.8) is 0 Å². The zero-order valence-electron chi connectivity index (χ0n) is 30.2. The summed E-state index contributed by atoms with van der Waals surface area (Å²) >= 11 is 0. The number of para-hydroxylation sites is 1. The van der Waals surface area contributed by atoms with E-state index in [9.17, 15) is 0 Å². The second-order valence-corrected chi connectivity index (χ2v) is 14.6. The van der Waals surface area contributed by atoms with Crippen LogP contribution in [0.15, 0.2) is 206 Å². The highest BCUT2D eigenvalue weighted by atomic mass is 15.2. The lowest BCUT2D eigenvalue weighted by Crippen LogP contribution is -2.18. The maximum Gasteiger partial charge on any atom is 0.0541 e. The van der Waals surface area contributed by atoms with Crippen LogP contribution in [-0.2, 0) is 6.42 Å². The Morgan fingerprint density at radius 2 is 0.818 bits per heavy atom. The van der Waals surface area contributed by atoms with Gasteiger partial charge in [0.25, 0.3) is 0 Å². The number of aromatic nitrogens is 1. The summed E-state index contributed by atoms with van der Waals surface area (Å²) in [6.07, 6.45) is 0.902. The number of anilines is 3. The normalized spacial score (nSPS) is 12.3. The molecule has 9 aromatic carbocycles. The minimum Gasteiger partial charge on any atom is -0.310 e. The highest BCUT2D eigenvalue weighted by Crippen LogP contribution is 2.46. The van der Waals surface area contributed by atoms with Gasteiger partial charge in [-0.15, -0.1) is 0 Å². The average Bonchev–Trinajstić information content (AvgIpc) is 3.59. The van der Waals surface area contributed by atoms with Crippen LogP contribution in [0, 0.1) is 0 Å². The zero-order valence-corrected chi connectivity index (χ0v) is 30.2. The summed E-state index contributed by atoms with van der Waals surface area (Å²) in [5, 5.41) is 5.01. The second-order valence-electron chi connectivity index (χ2n) is 14.6. The Balaban J connectivity index is 0.998. The first-order valence-electron chi connectivity index (χ1n) is 19.0. The molecular weight excluding hydrogens is 665 g/mol. The molecule has 0 fully saturated rings. The standard InChI is InChI=1S/C53H36N2/c1-3-11-36(12-4-1)42-23-29-52-48(34-42)49-35-43(37-13-5-2-6-14-37)24-30-53(49)54(52)46-25-19-39(20-26-46)41-22-28-51-45(31-41)32-44-17-9-10-18-50(44)55(51)47-27-21-38-15-7-8-16-40(38)33-47/h1-31,33-35H,32H2. The topological polar surface area (TPSA) is 8.17 Å². The number of hydrogen-bond acceptors (Lipinski definition) is 1. The lowest BCUT2D eigenvalue weighted by Gasteiger charge is -2.34. The van der Waals surface area contributed by atoms with E-state index in [1.807, 2.05) is 0 Å². The Hall–Kier alpha value is -7.16. The Bertz CT molecular complexity index is 2950. The number of nitrogens with zero attached hydrogens (tertiary/aromatic N) is 2. The van der Waals surface area contributed by atoms with Crippen LogP contribution in [-0.4, -0.2) is 4.57 Å². The molecule has 0 unspecified atom stereocenters. The number of hydrogen-bond donors (Lipinski definition) is 0. The first-order chi connectivity index (χ1) is 27.2. The summed E-state index contributed by atoms with van der Waals surface area (Å²) in [5.74, 6) is 0. The molecule has 0 bridgehead atoms. The van der Waals surface area contributed by atoms with Crippen LogP contribution >= 0.6 is 0 Å². The summed E-state index contributed by atoms with van der Waals surface area (Å²) in [5.41, 5.74) is 17.2. The molecular formula is C53H36N2. The molecule has 10 aromatic rings. The van der Waals surface area contributed by atoms with Crippen molar-refractivity contribution in [1.82, 2.24) is 4.57 Å². The quantitative estimate of drug-likeness (QED) is 0.174. The predicted molar refractivity (Wildman–Crippen MR) is 232 cm³/mol. The fraction of sp³-hybridized carbons (Fsp3) is 0.0189. The van der Waals surface area contributed by atoms with Crippen LogP contribution in [0.2, 0.25) is 0 Å². The molecule has 0 saturated carbocycles. The summed E-state index contributed by atoms with van der Waals surface area (Å²) in [6.45, 7) is 0. The first-order valence-corrected chi connectivity index (χ1v) is 19.0. The second kappa shape index (κ2) is 12.8. The minimum atomic E-state index is 0.902. The maximum absolute atomic E-state index is 2.43. The van der Waals surface area contributed by atoms with Gasteiger partial charge in [-0.3, -0.25) is 0 Å². The van der Waals surface area contributed by atoms with Gasteiger partial charge in [-0.1, -0.05) is 140 Å². The number of rotatable bonds is 5. The van der Waals surface area contributed by atoms with Crippen molar-refractivity contribution < 1.29 is 0 Å². The zero-order chi connectivity index (χ0) is 36.3. The molecule has 2 heterocycles. The molecule has 0 amide bonds. The van der Waals surface area contributed by atoms with Crippen molar-refractivity contribution in [2.24, 2.45) is 0 Å². The third-order valence-corrected chi connectivity index (χ3v) is 11.4. The van der Waals surface area contributed by atoms with Gasteiger partial charge in [0.15, 0.2) is 0 Å². The van der Waals surface area contributed by atoms with Crippen LogP contribution in [0.1, 0.15) is 11.1 Å². The lowest BCUT2D eigenvalue weighted by molar-refractivity contribution is 1.09. The molecule has 0 radical (unpaired) electrons. The van der Waals surface area contributed by atoms with Gasteiger partial charge in [-0.05, 0) is 122 Å². The van der Waals surface area contributed by atoms with Crippen LogP contribution in [0.3, 0.4) is 0 Å². The first kappa shape index (κ1) is 31.4. The van der Waals surface area contributed by atoms with Gasteiger partial charge in [-0.2, -0.15) is 0 Å². The summed E-state index contributed by atoms with van der Waals surface area (Å²) < 4.78 is 2.42. The van der Waals surface area contributed by atoms with Crippen molar-refractivity contribution in [3.05, 3.63) is 217 Å². The van der Waals surface area contributed by atoms with E-state index in [1.165, 1.54) is 94.1 Å². The minimum absolute atomic E-state index is 0.902. The van der Waals surface area contributed by atoms with Crippen molar-refractivity contribution in [2.75, 3.05) is 4.90 Å². The predicted octanol–water partition coefficient (Wildman–Crippen LogP) is 14.3. The maximum atomic E-state index is 2.43. The van der Waals surface area contributed by atoms with Gasteiger partial charge >= 0.3 is 0 Å². The fourth-order valence-corrected chi connectivity index (χ4v) is 8.66. The molecule has 1 aliphatic rings. The van der Waals surface area contributed by atoms with Gasteiger partial charge in [0, 0.05) is 39.9 Å². The van der Waals surface area contributed by atoms with E-state index >= 15 is 0 Å². The van der Waals surface area contributed by atoms with Gasteiger partial charge < -0.3 is 9.47 Å². The summed E-state index contributed by atoms with van der Waals surface area (Å²) in [7, 11) is 0. The molecule has 2 nitrogen and oxygen atoms in total. The van der Waals surface area contributed by atoms with Gasteiger partial charge in [-0.25, -0.2) is 0 Å². The SMILES string of the molecule is c1ccc(-c2ccc3c(c2)c2cc(-c4ccccc4)ccc2n3-c2ccc(-c3ccc4c(c3)Cc3ccccc3N4c3ccc4ccccc4c3)cc2)cc1. The third-order valence-electron chi connectivity index (χ3n) is 11.4. The smallest absolute Gasteiger partial charge is 0.0541 e. The number of fused-ring (bicyclic) bond motifs is 6. The van der Waals surface area contributed by atoms with E-state index in [0.29, 0.717) is 0 Å². The summed E-state index contributed by atoms with van der Waals surface area (Å²) in [6, 6.07) is 75.5. The molecule has 2 heteroatoms. The largest absolute Gasteiger partial charge is 0.310 e. The van der Waals surface area contributed by atoms with Crippen molar-refractivity contribution in [3.8, 4) is 39.1 Å². The van der Waals surface area contributed by atoms with E-state index in [1.54, 1.807) is 0 Å². The molecule has 55 heavy (non-hydrogen) atoms. The van der Waals surface area contributed by atoms with E-state index in [2.05, 4.69) is 216 Å². The van der Waals surface area contributed by atoms with Crippen molar-refractivity contribution >= 4 is 49.6 Å². The van der Waals surface area contributed by atoms with Crippen molar-refractivity contribution in [1.29, 1.82) is 0 Å². The third kappa shape index (κ3) is 5.34. The van der Waals surface area contributed by atoms with E-state index < -0.39 is 0 Å². The Morgan fingerprint density at radius 3 is 1.51 bits per heavy atom. The highest BCUT2D eigenvalue weighted by molar-refractivity contribution is 6.11. The number of benzene rings is 9.